The highest BCUT2D eigenvalue weighted by Gasteiger charge is 2.18. The number of para-hydroxylation sites is 1. The second kappa shape index (κ2) is 7.95. The molecule has 0 radical (unpaired) electrons. The Labute approximate surface area is 116 Å². The van der Waals surface area contributed by atoms with E-state index in [2.05, 4.69) is 44.3 Å². The summed E-state index contributed by atoms with van der Waals surface area (Å²) in [4.78, 5) is 12.3. The SMILES string of the molecule is CCCC(CN)C(=O)Nc1c(CC)cccc1CC. The van der Waals surface area contributed by atoms with Crippen LogP contribution in [0.5, 0.6) is 0 Å². The molecule has 0 aliphatic carbocycles. The van der Waals surface area contributed by atoms with E-state index < -0.39 is 0 Å². The Morgan fingerprint density at radius 3 is 2.21 bits per heavy atom. The van der Waals surface area contributed by atoms with Crippen molar-refractivity contribution in [1.29, 1.82) is 0 Å². The number of aryl methyl sites for hydroxylation is 2. The molecular weight excluding hydrogens is 236 g/mol. The van der Waals surface area contributed by atoms with Crippen molar-refractivity contribution in [1.82, 2.24) is 0 Å². The van der Waals surface area contributed by atoms with Crippen LogP contribution < -0.4 is 11.1 Å². The zero-order valence-corrected chi connectivity index (χ0v) is 12.3. The average molecular weight is 262 g/mol. The van der Waals surface area contributed by atoms with Crippen LogP contribution in [0.1, 0.15) is 44.7 Å². The summed E-state index contributed by atoms with van der Waals surface area (Å²) >= 11 is 0. The number of carbonyl (C=O) groups excluding carboxylic acids is 1. The second-order valence-electron chi connectivity index (χ2n) is 4.87. The fourth-order valence-electron chi connectivity index (χ4n) is 2.33. The normalized spacial score (nSPS) is 12.2. The van der Waals surface area contributed by atoms with E-state index in [9.17, 15) is 4.79 Å². The molecule has 0 fully saturated rings. The van der Waals surface area contributed by atoms with Gasteiger partial charge in [0, 0.05) is 12.2 Å². The lowest BCUT2D eigenvalue weighted by atomic mass is 10.00. The van der Waals surface area contributed by atoms with Crippen LogP contribution >= 0.6 is 0 Å². The van der Waals surface area contributed by atoms with Crippen LogP contribution in [0.4, 0.5) is 5.69 Å². The van der Waals surface area contributed by atoms with Gasteiger partial charge in [-0.25, -0.2) is 0 Å². The van der Waals surface area contributed by atoms with Gasteiger partial charge in [-0.1, -0.05) is 45.4 Å². The Balaban J connectivity index is 2.94. The summed E-state index contributed by atoms with van der Waals surface area (Å²) in [5.74, 6) is -0.0282. The van der Waals surface area contributed by atoms with Gasteiger partial charge in [-0.05, 0) is 30.4 Å². The van der Waals surface area contributed by atoms with Crippen molar-refractivity contribution in [2.45, 2.75) is 46.5 Å². The molecule has 0 bridgehead atoms. The molecule has 1 rings (SSSR count). The summed E-state index contributed by atoms with van der Waals surface area (Å²) in [6.07, 6.45) is 3.67. The number of carbonyl (C=O) groups is 1. The van der Waals surface area contributed by atoms with Gasteiger partial charge in [0.1, 0.15) is 0 Å². The van der Waals surface area contributed by atoms with Crippen molar-refractivity contribution in [3.63, 3.8) is 0 Å². The third-order valence-corrected chi connectivity index (χ3v) is 3.54. The highest BCUT2D eigenvalue weighted by molar-refractivity contribution is 5.94. The predicted octanol–water partition coefficient (Wildman–Crippen LogP) is 3.12. The van der Waals surface area contributed by atoms with Gasteiger partial charge in [-0.2, -0.15) is 0 Å². The average Bonchev–Trinajstić information content (AvgIpc) is 2.44. The van der Waals surface area contributed by atoms with Gasteiger partial charge in [-0.15, -0.1) is 0 Å². The first-order chi connectivity index (χ1) is 9.17. The molecule has 0 aliphatic heterocycles. The molecule has 19 heavy (non-hydrogen) atoms. The van der Waals surface area contributed by atoms with Gasteiger partial charge in [0.2, 0.25) is 5.91 Å². The van der Waals surface area contributed by atoms with E-state index in [1.807, 2.05) is 0 Å². The lowest BCUT2D eigenvalue weighted by Crippen LogP contribution is -2.29. The largest absolute Gasteiger partial charge is 0.330 e. The first kappa shape index (κ1) is 15.7. The number of anilines is 1. The molecule has 0 aliphatic rings. The fourth-order valence-corrected chi connectivity index (χ4v) is 2.33. The molecule has 0 saturated heterocycles. The van der Waals surface area contributed by atoms with Crippen molar-refractivity contribution >= 4 is 11.6 Å². The lowest BCUT2D eigenvalue weighted by Gasteiger charge is -2.18. The van der Waals surface area contributed by atoms with Crippen LogP contribution in [0.25, 0.3) is 0 Å². The van der Waals surface area contributed by atoms with E-state index in [0.717, 1.165) is 31.4 Å². The quantitative estimate of drug-likeness (QED) is 0.793. The minimum absolute atomic E-state index is 0.0555. The first-order valence-electron chi connectivity index (χ1n) is 7.29. The summed E-state index contributed by atoms with van der Waals surface area (Å²) in [6, 6.07) is 6.21. The van der Waals surface area contributed by atoms with Gasteiger partial charge in [0.05, 0.1) is 5.92 Å². The number of hydrogen-bond donors (Lipinski definition) is 2. The molecule has 1 amide bonds. The van der Waals surface area contributed by atoms with Crippen LogP contribution in [-0.2, 0) is 17.6 Å². The number of rotatable bonds is 7. The Morgan fingerprint density at radius 2 is 1.79 bits per heavy atom. The van der Waals surface area contributed by atoms with E-state index in [1.54, 1.807) is 0 Å². The maximum Gasteiger partial charge on any atom is 0.228 e. The van der Waals surface area contributed by atoms with Crippen LogP contribution in [0, 0.1) is 5.92 Å². The topological polar surface area (TPSA) is 55.1 Å². The van der Waals surface area contributed by atoms with Gasteiger partial charge in [-0.3, -0.25) is 4.79 Å². The van der Waals surface area contributed by atoms with Gasteiger partial charge in [0.15, 0.2) is 0 Å². The molecule has 0 spiro atoms. The molecule has 1 unspecified atom stereocenters. The standard InChI is InChI=1S/C16H26N2O/c1-4-8-14(11-17)16(19)18-15-12(5-2)9-7-10-13(15)6-3/h7,9-10,14H,4-6,8,11,17H2,1-3H3,(H,18,19). The fraction of sp³-hybridized carbons (Fsp3) is 0.562. The molecule has 1 atom stereocenters. The van der Waals surface area contributed by atoms with Crippen molar-refractivity contribution < 1.29 is 4.79 Å². The number of amides is 1. The summed E-state index contributed by atoms with van der Waals surface area (Å²) in [5, 5.41) is 3.10. The minimum Gasteiger partial charge on any atom is -0.330 e. The Hall–Kier alpha value is -1.35. The zero-order chi connectivity index (χ0) is 14.3. The molecular formula is C16H26N2O. The van der Waals surface area contributed by atoms with Crippen molar-refractivity contribution in [2.75, 3.05) is 11.9 Å². The molecule has 1 aromatic rings. The summed E-state index contributed by atoms with van der Waals surface area (Å²) in [6.45, 7) is 6.70. The monoisotopic (exact) mass is 262 g/mol. The lowest BCUT2D eigenvalue weighted by molar-refractivity contribution is -0.119. The first-order valence-corrected chi connectivity index (χ1v) is 7.29. The molecule has 3 nitrogen and oxygen atoms in total. The Bertz CT molecular complexity index is 393. The predicted molar refractivity (Wildman–Crippen MR) is 81.3 cm³/mol. The maximum atomic E-state index is 12.3. The highest BCUT2D eigenvalue weighted by atomic mass is 16.1. The maximum absolute atomic E-state index is 12.3. The van der Waals surface area contributed by atoms with Gasteiger partial charge in [0.25, 0.3) is 0 Å². The van der Waals surface area contributed by atoms with Crippen LogP contribution in [0.3, 0.4) is 0 Å². The van der Waals surface area contributed by atoms with Gasteiger partial charge < -0.3 is 11.1 Å². The van der Waals surface area contributed by atoms with E-state index >= 15 is 0 Å². The molecule has 0 saturated carbocycles. The molecule has 106 valence electrons. The second-order valence-corrected chi connectivity index (χ2v) is 4.87. The third kappa shape index (κ3) is 4.06. The Morgan fingerprint density at radius 1 is 1.21 bits per heavy atom. The smallest absolute Gasteiger partial charge is 0.228 e. The number of benzene rings is 1. The summed E-state index contributed by atoms with van der Waals surface area (Å²) in [5.41, 5.74) is 9.08. The molecule has 3 N–H and O–H groups in total. The molecule has 3 heteroatoms. The molecule has 0 heterocycles. The third-order valence-electron chi connectivity index (χ3n) is 3.54. The van der Waals surface area contributed by atoms with Crippen LogP contribution in [0.2, 0.25) is 0 Å². The number of nitrogens with two attached hydrogens (primary N) is 1. The van der Waals surface area contributed by atoms with Crippen molar-refractivity contribution in [3.8, 4) is 0 Å². The summed E-state index contributed by atoms with van der Waals surface area (Å²) in [7, 11) is 0. The summed E-state index contributed by atoms with van der Waals surface area (Å²) < 4.78 is 0. The highest BCUT2D eigenvalue weighted by Crippen LogP contribution is 2.23. The number of hydrogen-bond acceptors (Lipinski definition) is 2. The Kier molecular flexibility index (Phi) is 6.57. The van der Waals surface area contributed by atoms with Gasteiger partial charge >= 0.3 is 0 Å². The van der Waals surface area contributed by atoms with E-state index in [0.29, 0.717) is 6.54 Å². The zero-order valence-electron chi connectivity index (χ0n) is 12.3. The van der Waals surface area contributed by atoms with Crippen molar-refractivity contribution in [3.05, 3.63) is 29.3 Å². The molecule has 1 aromatic carbocycles. The van der Waals surface area contributed by atoms with E-state index in [-0.39, 0.29) is 11.8 Å². The van der Waals surface area contributed by atoms with E-state index in [1.165, 1.54) is 11.1 Å². The van der Waals surface area contributed by atoms with E-state index in [4.69, 9.17) is 5.73 Å². The minimum atomic E-state index is -0.0837. The van der Waals surface area contributed by atoms with Crippen molar-refractivity contribution in [2.24, 2.45) is 11.7 Å². The number of nitrogens with one attached hydrogen (secondary N) is 1. The van der Waals surface area contributed by atoms with Crippen LogP contribution in [-0.4, -0.2) is 12.5 Å². The molecule has 0 aromatic heterocycles. The van der Waals surface area contributed by atoms with Crippen LogP contribution in [0.15, 0.2) is 18.2 Å².